The van der Waals surface area contributed by atoms with Crippen molar-refractivity contribution in [1.82, 2.24) is 14.9 Å². The van der Waals surface area contributed by atoms with Crippen molar-refractivity contribution in [2.24, 2.45) is 0 Å². The predicted octanol–water partition coefficient (Wildman–Crippen LogP) is 6.29. The molecule has 172 valence electrons. The molecule has 0 aliphatic carbocycles. The summed E-state index contributed by atoms with van der Waals surface area (Å²) in [7, 11) is 0. The van der Waals surface area contributed by atoms with Gasteiger partial charge in [-0.2, -0.15) is 0 Å². The molecule has 5 rings (SSSR count). The lowest BCUT2D eigenvalue weighted by Gasteiger charge is -2.28. The van der Waals surface area contributed by atoms with Gasteiger partial charge in [0, 0.05) is 29.8 Å². The van der Waals surface area contributed by atoms with Gasteiger partial charge in [-0.25, -0.2) is 0 Å². The fourth-order valence-electron chi connectivity index (χ4n) is 4.98. The van der Waals surface area contributed by atoms with Gasteiger partial charge in [-0.1, -0.05) is 55.5 Å². The molecule has 1 saturated heterocycles. The van der Waals surface area contributed by atoms with E-state index in [2.05, 4.69) is 102 Å². The number of nitrogens with one attached hydrogen (secondary N) is 1. The lowest BCUT2D eigenvalue weighted by molar-refractivity contribution is 0.563. The SMILES string of the molecule is CCc1ccc(N2C(=S)N[C@H](c3ccccn3)[C@H]2c2cc(C)n(Cc3ccccc3)c2C)cc1. The van der Waals surface area contributed by atoms with Gasteiger partial charge in [0.25, 0.3) is 0 Å². The van der Waals surface area contributed by atoms with Crippen LogP contribution in [0.25, 0.3) is 0 Å². The third kappa shape index (κ3) is 4.12. The Kier molecular flexibility index (Phi) is 6.20. The molecule has 4 nitrogen and oxygen atoms in total. The average Bonchev–Trinajstić information content (AvgIpc) is 3.36. The second-order valence-corrected chi connectivity index (χ2v) is 9.30. The largest absolute Gasteiger partial charge is 0.351 e. The summed E-state index contributed by atoms with van der Waals surface area (Å²) in [4.78, 5) is 6.96. The Morgan fingerprint density at radius 3 is 2.32 bits per heavy atom. The van der Waals surface area contributed by atoms with Crippen molar-refractivity contribution in [2.45, 2.75) is 45.8 Å². The minimum Gasteiger partial charge on any atom is -0.351 e. The molecule has 0 radical (unpaired) electrons. The van der Waals surface area contributed by atoms with Crippen molar-refractivity contribution < 1.29 is 0 Å². The van der Waals surface area contributed by atoms with Crippen LogP contribution in [0.2, 0.25) is 0 Å². The molecule has 0 unspecified atom stereocenters. The van der Waals surface area contributed by atoms with Crippen LogP contribution in [0.3, 0.4) is 0 Å². The molecule has 0 spiro atoms. The molecule has 34 heavy (non-hydrogen) atoms. The summed E-state index contributed by atoms with van der Waals surface area (Å²) < 4.78 is 2.40. The highest BCUT2D eigenvalue weighted by molar-refractivity contribution is 7.80. The first-order valence-corrected chi connectivity index (χ1v) is 12.3. The van der Waals surface area contributed by atoms with Crippen molar-refractivity contribution in [2.75, 3.05) is 4.90 Å². The van der Waals surface area contributed by atoms with Crippen LogP contribution in [0.4, 0.5) is 5.69 Å². The molecule has 0 bridgehead atoms. The number of aryl methyl sites for hydroxylation is 2. The number of aromatic nitrogens is 2. The number of benzene rings is 2. The van der Waals surface area contributed by atoms with Crippen LogP contribution < -0.4 is 10.2 Å². The van der Waals surface area contributed by atoms with E-state index < -0.39 is 0 Å². The van der Waals surface area contributed by atoms with E-state index in [4.69, 9.17) is 17.2 Å². The number of pyridine rings is 1. The highest BCUT2D eigenvalue weighted by atomic mass is 32.1. The van der Waals surface area contributed by atoms with Crippen LogP contribution in [-0.2, 0) is 13.0 Å². The van der Waals surface area contributed by atoms with Gasteiger partial charge < -0.3 is 14.8 Å². The smallest absolute Gasteiger partial charge is 0.174 e. The van der Waals surface area contributed by atoms with E-state index in [1.54, 1.807) is 0 Å². The molecule has 4 aromatic rings. The zero-order valence-corrected chi connectivity index (χ0v) is 20.7. The zero-order valence-electron chi connectivity index (χ0n) is 19.9. The number of rotatable bonds is 6. The summed E-state index contributed by atoms with van der Waals surface area (Å²) >= 11 is 5.91. The van der Waals surface area contributed by atoms with E-state index in [9.17, 15) is 0 Å². The normalized spacial score (nSPS) is 17.7. The van der Waals surface area contributed by atoms with Crippen LogP contribution in [0.1, 0.15) is 52.8 Å². The van der Waals surface area contributed by atoms with Gasteiger partial charge in [-0.3, -0.25) is 4.98 Å². The molecule has 3 heterocycles. The first-order valence-electron chi connectivity index (χ1n) is 11.9. The Morgan fingerprint density at radius 1 is 0.912 bits per heavy atom. The van der Waals surface area contributed by atoms with Crippen LogP contribution in [0.5, 0.6) is 0 Å². The van der Waals surface area contributed by atoms with E-state index in [1.165, 1.54) is 28.1 Å². The number of thiocarbonyl (C=S) groups is 1. The summed E-state index contributed by atoms with van der Waals surface area (Å²) in [6.45, 7) is 7.44. The lowest BCUT2D eigenvalue weighted by Crippen LogP contribution is -2.29. The van der Waals surface area contributed by atoms with Crippen molar-refractivity contribution in [1.29, 1.82) is 0 Å². The van der Waals surface area contributed by atoms with Crippen molar-refractivity contribution in [3.63, 3.8) is 0 Å². The molecular weight excluding hydrogens is 436 g/mol. The summed E-state index contributed by atoms with van der Waals surface area (Å²) in [6.07, 6.45) is 2.87. The molecule has 2 aromatic heterocycles. The van der Waals surface area contributed by atoms with Gasteiger partial charge in [0.2, 0.25) is 0 Å². The summed E-state index contributed by atoms with van der Waals surface area (Å²) in [5, 5.41) is 4.32. The molecule has 0 amide bonds. The van der Waals surface area contributed by atoms with Gasteiger partial charge in [0.15, 0.2) is 5.11 Å². The van der Waals surface area contributed by atoms with Crippen molar-refractivity contribution in [3.05, 3.63) is 119 Å². The lowest BCUT2D eigenvalue weighted by atomic mass is 9.96. The third-order valence-corrected chi connectivity index (χ3v) is 7.15. The fourth-order valence-corrected chi connectivity index (χ4v) is 5.32. The summed E-state index contributed by atoms with van der Waals surface area (Å²) in [6, 6.07) is 27.8. The zero-order chi connectivity index (χ0) is 23.7. The van der Waals surface area contributed by atoms with E-state index in [0.717, 1.165) is 29.5 Å². The van der Waals surface area contributed by atoms with Gasteiger partial charge >= 0.3 is 0 Å². The molecular formula is C29H30N4S. The second-order valence-electron chi connectivity index (χ2n) is 8.91. The predicted molar refractivity (Wildman–Crippen MR) is 143 cm³/mol. The van der Waals surface area contributed by atoms with Crippen molar-refractivity contribution >= 4 is 23.0 Å². The van der Waals surface area contributed by atoms with E-state index in [-0.39, 0.29) is 12.1 Å². The maximum Gasteiger partial charge on any atom is 0.174 e. The average molecular weight is 467 g/mol. The maximum atomic E-state index is 5.91. The maximum absolute atomic E-state index is 5.91. The van der Waals surface area contributed by atoms with Crippen LogP contribution in [-0.4, -0.2) is 14.7 Å². The summed E-state index contributed by atoms with van der Waals surface area (Å²) in [5.74, 6) is 0. The highest BCUT2D eigenvalue weighted by Crippen LogP contribution is 2.43. The number of anilines is 1. The minimum absolute atomic E-state index is 0.00519. The Labute approximate surface area is 207 Å². The number of nitrogens with zero attached hydrogens (tertiary/aromatic N) is 3. The van der Waals surface area contributed by atoms with Gasteiger partial charge in [0.05, 0.1) is 17.8 Å². The number of hydrogen-bond acceptors (Lipinski definition) is 2. The molecule has 2 atom stereocenters. The molecule has 1 aliphatic heterocycles. The van der Waals surface area contributed by atoms with Gasteiger partial charge in [-0.15, -0.1) is 0 Å². The van der Waals surface area contributed by atoms with E-state index >= 15 is 0 Å². The quantitative estimate of drug-likeness (QED) is 0.339. The monoisotopic (exact) mass is 466 g/mol. The van der Waals surface area contributed by atoms with Crippen LogP contribution >= 0.6 is 12.2 Å². The molecule has 2 aromatic carbocycles. The van der Waals surface area contributed by atoms with Gasteiger partial charge in [0.1, 0.15) is 0 Å². The highest BCUT2D eigenvalue weighted by Gasteiger charge is 2.42. The topological polar surface area (TPSA) is 33.1 Å². The molecule has 1 N–H and O–H groups in total. The van der Waals surface area contributed by atoms with Gasteiger partial charge in [-0.05, 0) is 79.5 Å². The molecule has 1 fully saturated rings. The minimum atomic E-state index is -0.0368. The Hall–Kier alpha value is -3.44. The Balaban J connectivity index is 1.61. The third-order valence-electron chi connectivity index (χ3n) is 6.84. The molecule has 5 heteroatoms. The Morgan fingerprint density at radius 2 is 1.65 bits per heavy atom. The van der Waals surface area contributed by atoms with E-state index in [1.807, 2.05) is 18.3 Å². The Bertz CT molecular complexity index is 1280. The van der Waals surface area contributed by atoms with Crippen LogP contribution in [0, 0.1) is 13.8 Å². The first kappa shape index (κ1) is 22.4. The molecule has 0 saturated carbocycles. The summed E-state index contributed by atoms with van der Waals surface area (Å²) in [5.41, 5.74) is 8.49. The second kappa shape index (κ2) is 9.43. The molecule has 1 aliphatic rings. The van der Waals surface area contributed by atoms with Crippen molar-refractivity contribution in [3.8, 4) is 0 Å². The van der Waals surface area contributed by atoms with E-state index in [0.29, 0.717) is 0 Å². The first-order chi connectivity index (χ1) is 16.6. The fraction of sp³-hybridized carbons (Fsp3) is 0.241. The standard InChI is InChI=1S/C29H30N4S/c1-4-22-13-15-24(16-14-22)33-28(27(31-29(33)34)26-12-8-9-17-30-26)25-18-20(2)32(21(25)3)19-23-10-6-5-7-11-23/h5-18,27-28H,4,19H2,1-3H3,(H,31,34)/t27-,28-/m1/s1. The number of hydrogen-bond donors (Lipinski definition) is 1. The van der Waals surface area contributed by atoms with Crippen LogP contribution in [0.15, 0.2) is 85.1 Å².